The summed E-state index contributed by atoms with van der Waals surface area (Å²) in [6.45, 7) is 0.194. The largest absolute Gasteiger partial charge is 0.457 e. The number of thioether (sulfide) groups is 1. The monoisotopic (exact) mass is 439 g/mol. The van der Waals surface area contributed by atoms with Crippen LogP contribution in [0.4, 0.5) is 0 Å². The lowest BCUT2D eigenvalue weighted by molar-refractivity contribution is 0.380. The Kier molecular flexibility index (Phi) is 6.29. The van der Waals surface area contributed by atoms with Crippen molar-refractivity contribution in [2.24, 2.45) is 5.73 Å². The normalized spacial score (nSPS) is 15.7. The molecule has 1 aliphatic rings. The maximum Gasteiger partial charge on any atom is 0.240 e. The van der Waals surface area contributed by atoms with Crippen LogP contribution in [0, 0.1) is 0 Å². The Labute approximate surface area is 173 Å². The molecule has 2 N–H and O–H groups in total. The molecule has 0 spiro atoms. The smallest absolute Gasteiger partial charge is 0.240 e. The van der Waals surface area contributed by atoms with Gasteiger partial charge in [0.1, 0.15) is 11.5 Å². The number of sulfone groups is 1. The Morgan fingerprint density at radius 1 is 1.11 bits per heavy atom. The molecule has 1 atom stereocenters. The molecule has 1 saturated heterocycles. The highest BCUT2D eigenvalue weighted by Crippen LogP contribution is 2.33. The quantitative estimate of drug-likeness (QED) is 0.558. The molecule has 2 aromatic carbocycles. The summed E-state index contributed by atoms with van der Waals surface area (Å²) in [4.78, 5) is 4.49. The van der Waals surface area contributed by atoms with Crippen LogP contribution in [0.1, 0.15) is 5.89 Å². The van der Waals surface area contributed by atoms with E-state index >= 15 is 0 Å². The van der Waals surface area contributed by atoms with Gasteiger partial charge in [0.2, 0.25) is 11.7 Å². The molecule has 148 valence electrons. The van der Waals surface area contributed by atoms with Gasteiger partial charge in [-0.2, -0.15) is 16.7 Å². The maximum atomic E-state index is 12.3. The first kappa shape index (κ1) is 20.7. The fraction of sp³-hybridized carbons (Fsp3) is 0.222. The van der Waals surface area contributed by atoms with Gasteiger partial charge in [0, 0.05) is 16.6 Å². The molecule has 0 saturated carbocycles. The summed E-state index contributed by atoms with van der Waals surface area (Å²) in [6, 6.07) is 13.7. The standard InChI is InChI=1S/C18H17N3O4S2.ClH/c19-9-17-20-18(21-25-17)12-1-3-13(4-2-12)24-14-5-7-16(8-6-14)27(22,23)11-15-10-26-15;/h1-8,15H,9-11,19H2;1H. The first-order valence-electron chi connectivity index (χ1n) is 8.29. The molecule has 2 heterocycles. The molecular formula is C18H18ClN3O4S2. The van der Waals surface area contributed by atoms with Crippen LogP contribution in [-0.2, 0) is 16.4 Å². The zero-order valence-electron chi connectivity index (χ0n) is 14.6. The van der Waals surface area contributed by atoms with E-state index in [4.69, 9.17) is 15.0 Å². The lowest BCUT2D eigenvalue weighted by Gasteiger charge is -2.08. The van der Waals surface area contributed by atoms with E-state index in [-0.39, 0.29) is 30.0 Å². The first-order chi connectivity index (χ1) is 13.0. The molecule has 1 aliphatic heterocycles. The third-order valence-electron chi connectivity index (χ3n) is 3.98. The molecule has 1 unspecified atom stereocenters. The number of nitrogens with two attached hydrogens (primary N) is 1. The second-order valence-electron chi connectivity index (χ2n) is 6.05. The van der Waals surface area contributed by atoms with Crippen LogP contribution in [0.2, 0.25) is 0 Å². The third kappa shape index (κ3) is 4.85. The van der Waals surface area contributed by atoms with Gasteiger partial charge in [-0.05, 0) is 48.5 Å². The Balaban J connectivity index is 0.00000225. The fourth-order valence-electron chi connectivity index (χ4n) is 2.48. The van der Waals surface area contributed by atoms with Crippen LogP contribution >= 0.6 is 24.2 Å². The van der Waals surface area contributed by atoms with Crippen LogP contribution in [0.5, 0.6) is 11.5 Å². The van der Waals surface area contributed by atoms with Crippen molar-refractivity contribution >= 4 is 34.0 Å². The van der Waals surface area contributed by atoms with Gasteiger partial charge >= 0.3 is 0 Å². The molecule has 7 nitrogen and oxygen atoms in total. The van der Waals surface area contributed by atoms with Gasteiger partial charge in [-0.15, -0.1) is 12.4 Å². The average molecular weight is 440 g/mol. The van der Waals surface area contributed by atoms with Crippen LogP contribution in [0.25, 0.3) is 11.4 Å². The third-order valence-corrected chi connectivity index (χ3v) is 7.00. The molecular weight excluding hydrogens is 422 g/mol. The highest BCUT2D eigenvalue weighted by Gasteiger charge is 2.29. The Morgan fingerprint density at radius 3 is 2.25 bits per heavy atom. The molecule has 0 amide bonds. The summed E-state index contributed by atoms with van der Waals surface area (Å²) in [5.74, 6) is 3.14. The zero-order chi connectivity index (χ0) is 18.9. The second-order valence-corrected chi connectivity index (χ2v) is 9.42. The van der Waals surface area contributed by atoms with Crippen molar-refractivity contribution in [3.8, 4) is 22.9 Å². The van der Waals surface area contributed by atoms with Gasteiger partial charge in [0.15, 0.2) is 9.84 Å². The predicted molar refractivity (Wildman–Crippen MR) is 110 cm³/mol. The van der Waals surface area contributed by atoms with E-state index < -0.39 is 9.84 Å². The summed E-state index contributed by atoms with van der Waals surface area (Å²) in [5.41, 5.74) is 6.24. The Hall–Kier alpha value is -2.07. The topological polar surface area (TPSA) is 108 Å². The summed E-state index contributed by atoms with van der Waals surface area (Å²) in [5, 5.41) is 4.10. The number of halogens is 1. The van der Waals surface area contributed by atoms with Crippen LogP contribution < -0.4 is 10.5 Å². The molecule has 3 aromatic rings. The van der Waals surface area contributed by atoms with E-state index in [0.29, 0.717) is 28.1 Å². The van der Waals surface area contributed by atoms with Gasteiger partial charge in [-0.1, -0.05) is 5.16 Å². The summed E-state index contributed by atoms with van der Waals surface area (Å²) in [6.07, 6.45) is 0. The number of hydrogen-bond acceptors (Lipinski definition) is 8. The first-order valence-corrected chi connectivity index (χ1v) is 11.0. The van der Waals surface area contributed by atoms with E-state index in [9.17, 15) is 8.42 Å². The minimum absolute atomic E-state index is 0. The van der Waals surface area contributed by atoms with Crippen LogP contribution in [0.3, 0.4) is 0 Å². The molecule has 0 radical (unpaired) electrons. The highest BCUT2D eigenvalue weighted by atomic mass is 35.5. The number of nitrogens with zero attached hydrogens (tertiary/aromatic N) is 2. The van der Waals surface area contributed by atoms with Gasteiger partial charge in [0.05, 0.1) is 17.2 Å². The lowest BCUT2D eigenvalue weighted by Crippen LogP contribution is -2.10. The van der Waals surface area contributed by atoms with Gasteiger partial charge in [-0.3, -0.25) is 0 Å². The number of hydrogen-bond donors (Lipinski definition) is 1. The van der Waals surface area contributed by atoms with Crippen molar-refractivity contribution in [1.29, 1.82) is 0 Å². The maximum absolute atomic E-state index is 12.3. The fourth-order valence-corrected chi connectivity index (χ4v) is 5.16. The Morgan fingerprint density at radius 2 is 1.71 bits per heavy atom. The van der Waals surface area contributed by atoms with Gasteiger partial charge < -0.3 is 15.0 Å². The summed E-state index contributed by atoms with van der Waals surface area (Å²) in [7, 11) is -3.23. The van der Waals surface area contributed by atoms with Gasteiger partial charge in [-0.25, -0.2) is 8.42 Å². The summed E-state index contributed by atoms with van der Waals surface area (Å²) < 4.78 is 35.3. The summed E-state index contributed by atoms with van der Waals surface area (Å²) >= 11 is 1.67. The molecule has 28 heavy (non-hydrogen) atoms. The van der Waals surface area contributed by atoms with Gasteiger partial charge in [0.25, 0.3) is 0 Å². The average Bonchev–Trinajstić information content (AvgIpc) is 3.34. The zero-order valence-corrected chi connectivity index (χ0v) is 17.1. The lowest BCUT2D eigenvalue weighted by atomic mass is 10.2. The van der Waals surface area contributed by atoms with Crippen molar-refractivity contribution < 1.29 is 17.7 Å². The molecule has 0 aliphatic carbocycles. The number of ether oxygens (including phenoxy) is 1. The molecule has 0 bridgehead atoms. The predicted octanol–water partition coefficient (Wildman–Crippen LogP) is 3.30. The molecule has 4 rings (SSSR count). The van der Waals surface area contributed by atoms with Crippen molar-refractivity contribution in [2.75, 3.05) is 11.5 Å². The van der Waals surface area contributed by atoms with E-state index in [1.54, 1.807) is 48.2 Å². The number of rotatable bonds is 7. The van der Waals surface area contributed by atoms with E-state index in [1.807, 2.05) is 12.1 Å². The van der Waals surface area contributed by atoms with E-state index in [1.165, 1.54) is 0 Å². The van der Waals surface area contributed by atoms with Crippen molar-refractivity contribution in [2.45, 2.75) is 16.7 Å². The second kappa shape index (κ2) is 8.52. The number of aromatic nitrogens is 2. The Bertz CT molecular complexity index is 1030. The van der Waals surface area contributed by atoms with Crippen LogP contribution in [-0.4, -0.2) is 35.3 Å². The SMILES string of the molecule is Cl.NCc1nc(-c2ccc(Oc3ccc(S(=O)(=O)CC4CS4)cc3)cc2)no1. The van der Waals surface area contributed by atoms with E-state index in [2.05, 4.69) is 10.1 Å². The highest BCUT2D eigenvalue weighted by molar-refractivity contribution is 8.08. The molecule has 1 fully saturated rings. The molecule has 10 heteroatoms. The minimum Gasteiger partial charge on any atom is -0.457 e. The van der Waals surface area contributed by atoms with Crippen LogP contribution in [0.15, 0.2) is 57.9 Å². The minimum atomic E-state index is -3.23. The van der Waals surface area contributed by atoms with Crippen molar-refractivity contribution in [1.82, 2.24) is 10.1 Å². The van der Waals surface area contributed by atoms with Crippen molar-refractivity contribution in [3.05, 3.63) is 54.4 Å². The van der Waals surface area contributed by atoms with Crippen molar-refractivity contribution in [3.63, 3.8) is 0 Å². The number of benzene rings is 2. The molecule has 1 aromatic heterocycles. The van der Waals surface area contributed by atoms with E-state index in [0.717, 1.165) is 11.3 Å².